The number of rotatable bonds is 4. The lowest BCUT2D eigenvalue weighted by atomic mass is 10.2. The van der Waals surface area contributed by atoms with Gasteiger partial charge in [0.2, 0.25) is 9.84 Å². The third-order valence-corrected chi connectivity index (χ3v) is 4.45. The molecule has 0 heterocycles. The van der Waals surface area contributed by atoms with E-state index in [-0.39, 0.29) is 15.4 Å². The van der Waals surface area contributed by atoms with Gasteiger partial charge < -0.3 is 0 Å². The molecule has 0 aromatic heterocycles. The molecule has 0 unspecified atom stereocenters. The van der Waals surface area contributed by atoms with Gasteiger partial charge in [0.15, 0.2) is 0 Å². The molecule has 0 aliphatic rings. The summed E-state index contributed by atoms with van der Waals surface area (Å²) >= 11 is 0. The zero-order valence-electron chi connectivity index (χ0n) is 10.2. The average molecular weight is 290 g/mol. The second-order valence-electron chi connectivity index (χ2n) is 3.84. The Balaban J connectivity index is 2.59. The normalized spacial score (nSPS) is 10.8. The van der Waals surface area contributed by atoms with Crippen LogP contribution in [0.2, 0.25) is 0 Å². The fourth-order valence-corrected chi connectivity index (χ4v) is 3.19. The average Bonchev–Trinajstić information content (AvgIpc) is 2.48. The van der Waals surface area contributed by atoms with Crippen LogP contribution in [0.3, 0.4) is 0 Å². The number of nitrogens with zero attached hydrogens (tertiary/aromatic N) is 1. The molecule has 2 aromatic rings. The van der Waals surface area contributed by atoms with E-state index in [9.17, 15) is 18.1 Å². The van der Waals surface area contributed by atoms with E-state index in [2.05, 4.69) is 5.29 Å². The number of benzene rings is 2. The van der Waals surface area contributed by atoms with Crippen LogP contribution >= 0.6 is 0 Å². The maximum absolute atomic E-state index is 12.5. The van der Waals surface area contributed by atoms with Crippen LogP contribution in [-0.2, 0) is 9.84 Å². The minimum Gasteiger partial charge on any atom is -0.267 e. The first kappa shape index (κ1) is 13.9. The third kappa shape index (κ3) is 2.57. The highest BCUT2D eigenvalue weighted by atomic mass is 32.2. The highest BCUT2D eigenvalue weighted by Crippen LogP contribution is 2.23. The maximum Gasteiger partial charge on any atom is 0.275 e. The number of hydrogen-bond donors (Lipinski definition) is 1. The van der Waals surface area contributed by atoms with Crippen LogP contribution in [0, 0.1) is 4.91 Å². The summed E-state index contributed by atoms with van der Waals surface area (Å²) < 4.78 is 24.9. The van der Waals surface area contributed by atoms with E-state index in [1.807, 2.05) is 0 Å². The van der Waals surface area contributed by atoms with Gasteiger partial charge in [0.1, 0.15) is 0 Å². The molecule has 7 heteroatoms. The molecule has 0 fully saturated rings. The summed E-state index contributed by atoms with van der Waals surface area (Å²) in [6, 6.07) is 13.4. The van der Waals surface area contributed by atoms with E-state index in [4.69, 9.17) is 0 Å². The number of nitrogens with one attached hydrogen (secondary N) is 1. The van der Waals surface area contributed by atoms with Crippen molar-refractivity contribution in [2.24, 2.45) is 5.29 Å². The van der Waals surface area contributed by atoms with Crippen LogP contribution in [0.1, 0.15) is 10.4 Å². The van der Waals surface area contributed by atoms with Crippen molar-refractivity contribution in [3.8, 4) is 0 Å². The number of carbonyl (C=O) groups is 1. The molecule has 0 saturated heterocycles. The molecule has 6 nitrogen and oxygen atoms in total. The Bertz CT molecular complexity index is 742. The van der Waals surface area contributed by atoms with Crippen molar-refractivity contribution in [2.45, 2.75) is 9.79 Å². The minimum absolute atomic E-state index is 0.0688. The van der Waals surface area contributed by atoms with Gasteiger partial charge in [-0.15, -0.1) is 4.91 Å². The summed E-state index contributed by atoms with van der Waals surface area (Å²) in [5.74, 6) is -0.866. The Kier molecular flexibility index (Phi) is 3.90. The fraction of sp³-hybridized carbons (Fsp3) is 0. The van der Waals surface area contributed by atoms with E-state index in [1.165, 1.54) is 36.4 Å². The van der Waals surface area contributed by atoms with Crippen LogP contribution in [0.5, 0.6) is 0 Å². The second kappa shape index (κ2) is 5.62. The zero-order chi connectivity index (χ0) is 14.6. The SMILES string of the molecule is O=NNC(=O)c1ccccc1S(=O)(=O)c1ccccc1. The van der Waals surface area contributed by atoms with Gasteiger partial charge in [0, 0.05) is 0 Å². The van der Waals surface area contributed by atoms with Gasteiger partial charge in [-0.3, -0.25) is 4.79 Å². The predicted octanol–water partition coefficient (Wildman–Crippen LogP) is 1.93. The van der Waals surface area contributed by atoms with Crippen LogP contribution < -0.4 is 5.43 Å². The summed E-state index contributed by atoms with van der Waals surface area (Å²) in [5, 5.41) is 2.26. The van der Waals surface area contributed by atoms with Gasteiger partial charge in [-0.25, -0.2) is 13.8 Å². The van der Waals surface area contributed by atoms with Gasteiger partial charge >= 0.3 is 0 Å². The van der Waals surface area contributed by atoms with E-state index in [0.717, 1.165) is 0 Å². The molecule has 1 amide bonds. The van der Waals surface area contributed by atoms with Crippen molar-refractivity contribution in [1.82, 2.24) is 5.43 Å². The number of hydrogen-bond acceptors (Lipinski definition) is 5. The lowest BCUT2D eigenvalue weighted by molar-refractivity contribution is 0.0951. The summed E-state index contributed by atoms with van der Waals surface area (Å²) in [5.41, 5.74) is 1.56. The molecule has 2 aromatic carbocycles. The Hall–Kier alpha value is -2.54. The number of sulfone groups is 1. The molecular weight excluding hydrogens is 280 g/mol. The molecule has 102 valence electrons. The van der Waals surface area contributed by atoms with Crippen LogP contribution in [0.25, 0.3) is 0 Å². The van der Waals surface area contributed by atoms with Crippen molar-refractivity contribution in [3.05, 3.63) is 65.1 Å². The second-order valence-corrected chi connectivity index (χ2v) is 5.76. The Morgan fingerprint density at radius 1 is 0.950 bits per heavy atom. The first-order valence-corrected chi connectivity index (χ1v) is 7.07. The standard InChI is InChI=1S/C13H10N2O4S/c16-13(14-15-17)11-8-4-5-9-12(11)20(18,19)10-6-2-1-3-7-10/h1-9H,(H,14,16,17). The van der Waals surface area contributed by atoms with Crippen molar-refractivity contribution in [1.29, 1.82) is 0 Å². The number of nitroso groups, excluding NO2 is 1. The van der Waals surface area contributed by atoms with Crippen LogP contribution in [0.4, 0.5) is 0 Å². The Morgan fingerprint density at radius 2 is 1.55 bits per heavy atom. The Morgan fingerprint density at radius 3 is 2.20 bits per heavy atom. The lowest BCUT2D eigenvalue weighted by Gasteiger charge is -2.08. The molecule has 1 N–H and O–H groups in total. The molecule has 0 aliphatic heterocycles. The molecule has 20 heavy (non-hydrogen) atoms. The zero-order valence-corrected chi connectivity index (χ0v) is 11.0. The van der Waals surface area contributed by atoms with Crippen molar-refractivity contribution < 1.29 is 13.2 Å². The van der Waals surface area contributed by atoms with Crippen molar-refractivity contribution in [3.63, 3.8) is 0 Å². The number of amides is 1. The van der Waals surface area contributed by atoms with Gasteiger partial charge in [-0.2, -0.15) is 0 Å². The summed E-state index contributed by atoms with van der Waals surface area (Å²) in [7, 11) is -3.84. The first-order chi connectivity index (χ1) is 9.57. The predicted molar refractivity (Wildman–Crippen MR) is 71.6 cm³/mol. The first-order valence-electron chi connectivity index (χ1n) is 5.59. The third-order valence-electron chi connectivity index (χ3n) is 2.62. The summed E-state index contributed by atoms with van der Waals surface area (Å²) in [6.07, 6.45) is 0. The van der Waals surface area contributed by atoms with Crippen LogP contribution in [0.15, 0.2) is 69.7 Å². The largest absolute Gasteiger partial charge is 0.275 e. The quantitative estimate of drug-likeness (QED) is 0.687. The van der Waals surface area contributed by atoms with E-state index in [1.54, 1.807) is 23.6 Å². The summed E-state index contributed by atoms with van der Waals surface area (Å²) in [4.78, 5) is 21.7. The highest BCUT2D eigenvalue weighted by Gasteiger charge is 2.23. The molecule has 0 radical (unpaired) electrons. The van der Waals surface area contributed by atoms with Gasteiger partial charge in [-0.1, -0.05) is 30.3 Å². The molecule has 0 bridgehead atoms. The Labute approximate surface area is 115 Å². The summed E-state index contributed by atoms with van der Waals surface area (Å²) in [6.45, 7) is 0. The molecular formula is C13H10N2O4S. The van der Waals surface area contributed by atoms with E-state index in [0.29, 0.717) is 0 Å². The molecule has 2 rings (SSSR count). The topological polar surface area (TPSA) is 92.7 Å². The molecule has 0 aliphatic carbocycles. The van der Waals surface area contributed by atoms with E-state index >= 15 is 0 Å². The highest BCUT2D eigenvalue weighted by molar-refractivity contribution is 7.91. The maximum atomic E-state index is 12.5. The van der Waals surface area contributed by atoms with Gasteiger partial charge in [-0.05, 0) is 24.3 Å². The molecule has 0 spiro atoms. The molecule has 0 atom stereocenters. The van der Waals surface area contributed by atoms with Crippen molar-refractivity contribution >= 4 is 15.7 Å². The van der Waals surface area contributed by atoms with E-state index < -0.39 is 15.7 Å². The monoisotopic (exact) mass is 290 g/mol. The van der Waals surface area contributed by atoms with Gasteiger partial charge in [0.25, 0.3) is 5.91 Å². The van der Waals surface area contributed by atoms with Gasteiger partial charge in [0.05, 0.1) is 20.6 Å². The lowest BCUT2D eigenvalue weighted by Crippen LogP contribution is -2.19. The fourth-order valence-electron chi connectivity index (χ4n) is 1.72. The van der Waals surface area contributed by atoms with Crippen LogP contribution in [-0.4, -0.2) is 14.3 Å². The molecule has 0 saturated carbocycles. The minimum atomic E-state index is -3.84. The van der Waals surface area contributed by atoms with Crippen molar-refractivity contribution in [2.75, 3.05) is 0 Å². The number of carbonyl (C=O) groups excluding carboxylic acids is 1. The smallest absolute Gasteiger partial charge is 0.267 e.